The maximum absolute atomic E-state index is 13.4. The molecule has 0 radical (unpaired) electrons. The highest BCUT2D eigenvalue weighted by molar-refractivity contribution is 5.90. The van der Waals surface area contributed by atoms with Crippen molar-refractivity contribution in [2.24, 2.45) is 5.92 Å². The highest BCUT2D eigenvalue weighted by atomic mass is 19.1. The Balaban J connectivity index is 2.56. The van der Waals surface area contributed by atoms with Crippen molar-refractivity contribution >= 4 is 11.6 Å². The maximum Gasteiger partial charge on any atom is 0.224 e. The van der Waals surface area contributed by atoms with Crippen molar-refractivity contribution < 1.29 is 9.18 Å². The van der Waals surface area contributed by atoms with Crippen molar-refractivity contribution in [3.8, 4) is 0 Å². The third kappa shape index (κ3) is 4.01. The number of anilines is 1. The molecule has 0 atom stereocenters. The van der Waals surface area contributed by atoms with E-state index < -0.39 is 0 Å². The molecule has 16 heavy (non-hydrogen) atoms. The Bertz CT molecular complexity index is 374. The summed E-state index contributed by atoms with van der Waals surface area (Å²) in [6, 6.07) is 4.79. The van der Waals surface area contributed by atoms with Crippen LogP contribution in [0, 0.1) is 18.7 Å². The lowest BCUT2D eigenvalue weighted by Crippen LogP contribution is -2.13. The number of benzene rings is 1. The number of carbonyl (C=O) groups is 1. The van der Waals surface area contributed by atoms with Crippen LogP contribution in [0.2, 0.25) is 0 Å². The van der Waals surface area contributed by atoms with Crippen molar-refractivity contribution in [1.82, 2.24) is 0 Å². The summed E-state index contributed by atoms with van der Waals surface area (Å²) in [7, 11) is 0. The molecule has 0 bridgehead atoms. The number of carbonyl (C=O) groups excluding carboxylic acids is 1. The molecule has 0 aliphatic heterocycles. The number of hydrogen-bond donors (Lipinski definition) is 1. The summed E-state index contributed by atoms with van der Waals surface area (Å²) in [5.41, 5.74) is 1.11. The molecule has 0 unspecified atom stereocenters. The van der Waals surface area contributed by atoms with Gasteiger partial charge in [-0.15, -0.1) is 0 Å². The third-order valence-electron chi connectivity index (χ3n) is 2.35. The van der Waals surface area contributed by atoms with Gasteiger partial charge in [-0.05, 0) is 37.0 Å². The fourth-order valence-electron chi connectivity index (χ4n) is 1.35. The van der Waals surface area contributed by atoms with Crippen molar-refractivity contribution in [3.63, 3.8) is 0 Å². The molecular weight excluding hydrogens is 205 g/mol. The summed E-state index contributed by atoms with van der Waals surface area (Å²) >= 11 is 0. The predicted octanol–water partition coefficient (Wildman–Crippen LogP) is 3.51. The molecule has 3 heteroatoms. The summed E-state index contributed by atoms with van der Waals surface area (Å²) in [4.78, 5) is 11.5. The molecule has 0 aliphatic carbocycles. The standard InChI is InChI=1S/C13H18FNO/c1-9(2)4-7-13(16)15-12-6-5-10(3)8-11(12)14/h5-6,8-9H,4,7H2,1-3H3,(H,15,16). The van der Waals surface area contributed by atoms with Gasteiger partial charge >= 0.3 is 0 Å². The van der Waals surface area contributed by atoms with Gasteiger partial charge in [0.15, 0.2) is 0 Å². The molecule has 0 fully saturated rings. The van der Waals surface area contributed by atoms with E-state index in [1.165, 1.54) is 6.07 Å². The summed E-state index contributed by atoms with van der Waals surface area (Å²) in [6.07, 6.45) is 1.25. The molecule has 0 saturated carbocycles. The molecule has 0 saturated heterocycles. The molecule has 0 aliphatic rings. The second kappa shape index (κ2) is 5.64. The second-order valence-electron chi connectivity index (χ2n) is 4.46. The van der Waals surface area contributed by atoms with Crippen LogP contribution >= 0.6 is 0 Å². The number of rotatable bonds is 4. The largest absolute Gasteiger partial charge is 0.324 e. The highest BCUT2D eigenvalue weighted by Crippen LogP contribution is 2.16. The van der Waals surface area contributed by atoms with Crippen LogP contribution in [-0.4, -0.2) is 5.91 Å². The van der Waals surface area contributed by atoms with E-state index in [2.05, 4.69) is 19.2 Å². The Morgan fingerprint density at radius 3 is 2.69 bits per heavy atom. The lowest BCUT2D eigenvalue weighted by atomic mass is 10.1. The molecule has 2 nitrogen and oxygen atoms in total. The Labute approximate surface area is 95.9 Å². The minimum atomic E-state index is -0.377. The van der Waals surface area contributed by atoms with Gasteiger partial charge in [-0.25, -0.2) is 4.39 Å². The summed E-state index contributed by atoms with van der Waals surface area (Å²) in [5.74, 6) is -0.0250. The molecule has 1 amide bonds. The van der Waals surface area contributed by atoms with E-state index in [4.69, 9.17) is 0 Å². The Morgan fingerprint density at radius 1 is 1.44 bits per heavy atom. The van der Waals surface area contributed by atoms with Crippen LogP contribution in [0.5, 0.6) is 0 Å². The van der Waals surface area contributed by atoms with Gasteiger partial charge < -0.3 is 5.32 Å². The first-order valence-corrected chi connectivity index (χ1v) is 5.55. The van der Waals surface area contributed by atoms with Gasteiger partial charge in [0.25, 0.3) is 0 Å². The van der Waals surface area contributed by atoms with Crippen LogP contribution in [0.4, 0.5) is 10.1 Å². The van der Waals surface area contributed by atoms with Gasteiger partial charge in [0.1, 0.15) is 5.82 Å². The molecule has 1 rings (SSSR count). The smallest absolute Gasteiger partial charge is 0.224 e. The van der Waals surface area contributed by atoms with Gasteiger partial charge in [-0.2, -0.15) is 0 Å². The Kier molecular flexibility index (Phi) is 4.47. The summed E-state index contributed by atoms with van der Waals surface area (Å²) < 4.78 is 13.4. The average molecular weight is 223 g/mol. The van der Waals surface area contributed by atoms with E-state index in [-0.39, 0.29) is 17.4 Å². The fourth-order valence-corrected chi connectivity index (χ4v) is 1.35. The zero-order valence-electron chi connectivity index (χ0n) is 10.0. The molecule has 0 heterocycles. The van der Waals surface area contributed by atoms with Crippen LogP contribution in [-0.2, 0) is 4.79 Å². The van der Waals surface area contributed by atoms with Crippen LogP contribution < -0.4 is 5.32 Å². The van der Waals surface area contributed by atoms with E-state index >= 15 is 0 Å². The summed E-state index contributed by atoms with van der Waals surface area (Å²) in [6.45, 7) is 5.92. The first-order chi connectivity index (χ1) is 7.49. The van der Waals surface area contributed by atoms with E-state index in [0.29, 0.717) is 12.3 Å². The van der Waals surface area contributed by atoms with E-state index in [9.17, 15) is 9.18 Å². The quantitative estimate of drug-likeness (QED) is 0.831. The van der Waals surface area contributed by atoms with Gasteiger partial charge in [-0.1, -0.05) is 19.9 Å². The highest BCUT2D eigenvalue weighted by Gasteiger charge is 2.07. The number of hydrogen-bond acceptors (Lipinski definition) is 1. The van der Waals surface area contributed by atoms with E-state index in [0.717, 1.165) is 12.0 Å². The van der Waals surface area contributed by atoms with Crippen molar-refractivity contribution in [3.05, 3.63) is 29.6 Å². The zero-order valence-corrected chi connectivity index (χ0v) is 10.0. The maximum atomic E-state index is 13.4. The van der Waals surface area contributed by atoms with Crippen LogP contribution in [0.25, 0.3) is 0 Å². The predicted molar refractivity (Wildman–Crippen MR) is 63.8 cm³/mol. The number of nitrogens with one attached hydrogen (secondary N) is 1. The van der Waals surface area contributed by atoms with Gasteiger partial charge in [-0.3, -0.25) is 4.79 Å². The van der Waals surface area contributed by atoms with Crippen molar-refractivity contribution in [2.75, 3.05) is 5.32 Å². The van der Waals surface area contributed by atoms with Gasteiger partial charge in [0, 0.05) is 6.42 Å². The van der Waals surface area contributed by atoms with Crippen LogP contribution in [0.3, 0.4) is 0 Å². The summed E-state index contributed by atoms with van der Waals surface area (Å²) in [5, 5.41) is 2.58. The molecule has 1 N–H and O–H groups in total. The van der Waals surface area contributed by atoms with Gasteiger partial charge in [0.2, 0.25) is 5.91 Å². The second-order valence-corrected chi connectivity index (χ2v) is 4.46. The van der Waals surface area contributed by atoms with E-state index in [1.54, 1.807) is 12.1 Å². The molecular formula is C13H18FNO. The molecule has 0 spiro atoms. The number of halogens is 1. The number of amides is 1. The molecule has 88 valence electrons. The normalized spacial score (nSPS) is 10.6. The minimum Gasteiger partial charge on any atom is -0.324 e. The van der Waals surface area contributed by atoms with Crippen molar-refractivity contribution in [2.45, 2.75) is 33.6 Å². The zero-order chi connectivity index (χ0) is 12.1. The Morgan fingerprint density at radius 2 is 2.12 bits per heavy atom. The fraction of sp³-hybridized carbons (Fsp3) is 0.462. The third-order valence-corrected chi connectivity index (χ3v) is 2.35. The molecule has 1 aromatic rings. The Hall–Kier alpha value is -1.38. The SMILES string of the molecule is Cc1ccc(NC(=O)CCC(C)C)c(F)c1. The van der Waals surface area contributed by atoms with Gasteiger partial charge in [0.05, 0.1) is 5.69 Å². The first-order valence-electron chi connectivity index (χ1n) is 5.55. The minimum absolute atomic E-state index is 0.128. The monoisotopic (exact) mass is 223 g/mol. The lowest BCUT2D eigenvalue weighted by Gasteiger charge is -2.08. The average Bonchev–Trinajstić information content (AvgIpc) is 2.19. The van der Waals surface area contributed by atoms with Crippen LogP contribution in [0.15, 0.2) is 18.2 Å². The van der Waals surface area contributed by atoms with Crippen LogP contribution in [0.1, 0.15) is 32.3 Å². The molecule has 1 aromatic carbocycles. The molecule has 0 aromatic heterocycles. The lowest BCUT2D eigenvalue weighted by molar-refractivity contribution is -0.116. The number of aryl methyl sites for hydroxylation is 1. The topological polar surface area (TPSA) is 29.1 Å². The van der Waals surface area contributed by atoms with E-state index in [1.807, 2.05) is 6.92 Å². The first kappa shape index (κ1) is 12.7. The van der Waals surface area contributed by atoms with Crippen molar-refractivity contribution in [1.29, 1.82) is 0 Å².